The number of alkyl halides is 3. The van der Waals surface area contributed by atoms with Gasteiger partial charge in [0.25, 0.3) is 5.56 Å². The van der Waals surface area contributed by atoms with Crippen LogP contribution in [0.15, 0.2) is 41.2 Å². The van der Waals surface area contributed by atoms with Crippen molar-refractivity contribution in [1.82, 2.24) is 15.0 Å². The summed E-state index contributed by atoms with van der Waals surface area (Å²) in [6, 6.07) is 7.75. The minimum absolute atomic E-state index is 0.134. The molecule has 0 aliphatic rings. The summed E-state index contributed by atoms with van der Waals surface area (Å²) in [6.07, 6.45) is -4.38. The Morgan fingerprint density at radius 3 is 2.32 bits per heavy atom. The number of aromatic nitrogens is 3. The molecule has 2 heterocycles. The van der Waals surface area contributed by atoms with Crippen molar-refractivity contribution in [2.75, 3.05) is 0 Å². The van der Waals surface area contributed by atoms with Gasteiger partial charge in [0.05, 0.1) is 16.6 Å². The highest BCUT2D eigenvalue weighted by Crippen LogP contribution is 2.30. The van der Waals surface area contributed by atoms with Crippen molar-refractivity contribution in [2.24, 2.45) is 0 Å². The second-order valence-corrected chi connectivity index (χ2v) is 4.98. The lowest BCUT2D eigenvalue weighted by Crippen LogP contribution is -2.08. The summed E-state index contributed by atoms with van der Waals surface area (Å²) in [7, 11) is 0. The van der Waals surface area contributed by atoms with Crippen LogP contribution in [0.25, 0.3) is 22.3 Å². The molecule has 112 valence electrons. The molecule has 0 saturated carbocycles. The van der Waals surface area contributed by atoms with Crippen LogP contribution in [-0.4, -0.2) is 15.0 Å². The number of H-pyrrole nitrogens is 2. The van der Waals surface area contributed by atoms with Crippen LogP contribution >= 0.6 is 12.2 Å². The summed E-state index contributed by atoms with van der Waals surface area (Å²) in [4.78, 5) is 21.1. The predicted molar refractivity (Wildman–Crippen MR) is 78.0 cm³/mol. The van der Waals surface area contributed by atoms with E-state index in [2.05, 4.69) is 15.0 Å². The minimum Gasteiger partial charge on any atom is -0.316 e. The molecule has 0 aliphatic carbocycles. The molecule has 0 amide bonds. The highest BCUT2D eigenvalue weighted by Gasteiger charge is 2.30. The Morgan fingerprint density at radius 1 is 1.00 bits per heavy atom. The van der Waals surface area contributed by atoms with E-state index in [1.165, 1.54) is 12.1 Å². The van der Waals surface area contributed by atoms with Gasteiger partial charge in [-0.1, -0.05) is 12.1 Å². The Morgan fingerprint density at radius 2 is 1.68 bits per heavy atom. The van der Waals surface area contributed by atoms with E-state index in [0.717, 1.165) is 12.1 Å². The number of hydrogen-bond donors (Lipinski definition) is 2. The largest absolute Gasteiger partial charge is 0.416 e. The average Bonchev–Trinajstić information content (AvgIpc) is 2.45. The topological polar surface area (TPSA) is 61.5 Å². The molecule has 1 aromatic carbocycles. The second-order valence-electron chi connectivity index (χ2n) is 4.58. The van der Waals surface area contributed by atoms with Gasteiger partial charge in [-0.05, 0) is 36.5 Å². The van der Waals surface area contributed by atoms with E-state index in [0.29, 0.717) is 16.6 Å². The first kappa shape index (κ1) is 14.5. The summed E-state index contributed by atoms with van der Waals surface area (Å²) in [6.45, 7) is 0. The van der Waals surface area contributed by atoms with Gasteiger partial charge >= 0.3 is 6.18 Å². The SMILES string of the molecule is O=c1[nH]c(=S)[nH]c2nc(-c3ccc(C(F)(F)F)cc3)ccc12. The van der Waals surface area contributed by atoms with Crippen LogP contribution in [0.4, 0.5) is 13.2 Å². The quantitative estimate of drug-likeness (QED) is 0.672. The average molecular weight is 323 g/mol. The van der Waals surface area contributed by atoms with Crippen molar-refractivity contribution < 1.29 is 13.2 Å². The zero-order chi connectivity index (χ0) is 15.9. The van der Waals surface area contributed by atoms with Crippen LogP contribution in [-0.2, 0) is 6.18 Å². The molecular weight excluding hydrogens is 315 g/mol. The van der Waals surface area contributed by atoms with Gasteiger partial charge in [0.15, 0.2) is 4.77 Å². The molecule has 0 atom stereocenters. The van der Waals surface area contributed by atoms with Crippen molar-refractivity contribution in [1.29, 1.82) is 0 Å². The number of pyridine rings is 1. The van der Waals surface area contributed by atoms with Crippen molar-refractivity contribution in [3.8, 4) is 11.3 Å². The summed E-state index contributed by atoms with van der Waals surface area (Å²) in [5, 5.41) is 0.323. The summed E-state index contributed by atoms with van der Waals surface area (Å²) in [5.74, 6) is 0. The number of rotatable bonds is 1. The molecule has 0 saturated heterocycles. The van der Waals surface area contributed by atoms with Crippen LogP contribution < -0.4 is 5.56 Å². The molecule has 0 unspecified atom stereocenters. The third-order valence-corrected chi connectivity index (χ3v) is 3.31. The van der Waals surface area contributed by atoms with E-state index in [1.54, 1.807) is 12.1 Å². The fourth-order valence-corrected chi connectivity index (χ4v) is 2.23. The van der Waals surface area contributed by atoms with Gasteiger partial charge in [0.1, 0.15) is 5.65 Å². The third-order valence-electron chi connectivity index (χ3n) is 3.11. The zero-order valence-electron chi connectivity index (χ0n) is 10.9. The molecule has 2 aromatic heterocycles. The van der Waals surface area contributed by atoms with Crippen LogP contribution in [0.5, 0.6) is 0 Å². The lowest BCUT2D eigenvalue weighted by Gasteiger charge is -2.07. The number of aromatic amines is 2. The number of benzene rings is 1. The molecular formula is C14H8F3N3OS. The van der Waals surface area contributed by atoms with Gasteiger partial charge < -0.3 is 4.98 Å². The van der Waals surface area contributed by atoms with E-state index in [1.807, 2.05) is 0 Å². The van der Waals surface area contributed by atoms with E-state index >= 15 is 0 Å². The highest BCUT2D eigenvalue weighted by atomic mass is 32.1. The molecule has 8 heteroatoms. The molecule has 0 fully saturated rings. The fourth-order valence-electron chi connectivity index (χ4n) is 2.04. The third kappa shape index (κ3) is 2.64. The molecule has 0 radical (unpaired) electrons. The number of fused-ring (bicyclic) bond motifs is 1. The van der Waals surface area contributed by atoms with Crippen molar-refractivity contribution in [3.63, 3.8) is 0 Å². The van der Waals surface area contributed by atoms with E-state index in [4.69, 9.17) is 12.2 Å². The zero-order valence-corrected chi connectivity index (χ0v) is 11.7. The van der Waals surface area contributed by atoms with Crippen molar-refractivity contribution >= 4 is 23.3 Å². The van der Waals surface area contributed by atoms with Crippen molar-refractivity contribution in [3.05, 3.63) is 57.1 Å². The fraction of sp³-hybridized carbons (Fsp3) is 0.0714. The molecule has 0 aliphatic heterocycles. The normalized spacial score (nSPS) is 11.8. The molecule has 3 aromatic rings. The van der Waals surface area contributed by atoms with Gasteiger partial charge in [-0.3, -0.25) is 9.78 Å². The molecule has 2 N–H and O–H groups in total. The first-order valence-electron chi connectivity index (χ1n) is 6.15. The first-order valence-corrected chi connectivity index (χ1v) is 6.56. The lowest BCUT2D eigenvalue weighted by atomic mass is 10.1. The first-order chi connectivity index (χ1) is 10.3. The van der Waals surface area contributed by atoms with Crippen LogP contribution in [0.2, 0.25) is 0 Å². The van der Waals surface area contributed by atoms with E-state index in [-0.39, 0.29) is 16.0 Å². The second kappa shape index (κ2) is 5.06. The number of nitrogens with zero attached hydrogens (tertiary/aromatic N) is 1. The minimum atomic E-state index is -4.38. The van der Waals surface area contributed by atoms with Gasteiger partial charge in [0.2, 0.25) is 0 Å². The maximum absolute atomic E-state index is 12.5. The summed E-state index contributed by atoms with van der Waals surface area (Å²) in [5.41, 5.74) is 0.135. The summed E-state index contributed by atoms with van der Waals surface area (Å²) < 4.78 is 37.8. The highest BCUT2D eigenvalue weighted by molar-refractivity contribution is 7.71. The number of hydrogen-bond acceptors (Lipinski definition) is 3. The van der Waals surface area contributed by atoms with E-state index in [9.17, 15) is 18.0 Å². The van der Waals surface area contributed by atoms with Gasteiger partial charge in [-0.25, -0.2) is 4.98 Å². The summed E-state index contributed by atoms with van der Waals surface area (Å²) >= 11 is 4.87. The molecule has 4 nitrogen and oxygen atoms in total. The van der Waals surface area contributed by atoms with E-state index < -0.39 is 11.7 Å². The maximum Gasteiger partial charge on any atom is 0.416 e. The lowest BCUT2D eigenvalue weighted by molar-refractivity contribution is -0.137. The predicted octanol–water partition coefficient (Wildman–Crippen LogP) is 3.67. The maximum atomic E-state index is 12.5. The molecule has 22 heavy (non-hydrogen) atoms. The Bertz CT molecular complexity index is 958. The Balaban J connectivity index is 2.11. The van der Waals surface area contributed by atoms with Gasteiger partial charge in [-0.2, -0.15) is 13.2 Å². The Kier molecular flexibility index (Phi) is 3.32. The van der Waals surface area contributed by atoms with Gasteiger partial charge in [-0.15, -0.1) is 0 Å². The smallest absolute Gasteiger partial charge is 0.316 e. The molecule has 0 bridgehead atoms. The number of nitrogens with one attached hydrogen (secondary N) is 2. The van der Waals surface area contributed by atoms with Crippen LogP contribution in [0.1, 0.15) is 5.56 Å². The Labute approximate surface area is 126 Å². The monoisotopic (exact) mass is 323 g/mol. The van der Waals surface area contributed by atoms with Crippen LogP contribution in [0.3, 0.4) is 0 Å². The molecule has 0 spiro atoms. The van der Waals surface area contributed by atoms with Crippen molar-refractivity contribution in [2.45, 2.75) is 6.18 Å². The van der Waals surface area contributed by atoms with Gasteiger partial charge in [0, 0.05) is 5.56 Å². The number of halogens is 3. The van der Waals surface area contributed by atoms with Crippen LogP contribution in [0, 0.1) is 4.77 Å². The Hall–Kier alpha value is -2.48. The molecule has 3 rings (SSSR count). The standard InChI is InChI=1S/C14H8F3N3OS/c15-14(16,17)8-3-1-7(2-4-8)10-6-5-9-11(18-10)19-13(22)20-12(9)21/h1-6H,(H2,18,19,20,21,22).